The van der Waals surface area contributed by atoms with Crippen LogP contribution in [0.2, 0.25) is 0 Å². The highest BCUT2D eigenvalue weighted by Crippen LogP contribution is 2.22. The standard InChI is InChI=1S/C12H20N4O/c1-9-10(8-14-15-9)11(17)16-6-4-12(2,13-3)5-7-16/h8,13H,4-7H2,1-3H3,(H,14,15). The average Bonchev–Trinajstić information content (AvgIpc) is 2.76. The number of H-pyrrole nitrogens is 1. The maximum absolute atomic E-state index is 12.2. The molecule has 94 valence electrons. The summed E-state index contributed by atoms with van der Waals surface area (Å²) in [5.41, 5.74) is 1.71. The highest BCUT2D eigenvalue weighted by Gasteiger charge is 2.31. The molecule has 2 rings (SSSR count). The number of carbonyl (C=O) groups excluding carboxylic acids is 1. The van der Waals surface area contributed by atoms with Gasteiger partial charge in [0.15, 0.2) is 0 Å². The molecule has 1 aliphatic rings. The molecule has 0 unspecified atom stereocenters. The van der Waals surface area contributed by atoms with E-state index in [1.165, 1.54) is 0 Å². The number of carbonyl (C=O) groups is 1. The zero-order valence-electron chi connectivity index (χ0n) is 10.7. The summed E-state index contributed by atoms with van der Waals surface area (Å²) in [4.78, 5) is 14.1. The third-order valence-corrected chi connectivity index (χ3v) is 3.82. The van der Waals surface area contributed by atoms with E-state index in [0.717, 1.165) is 31.6 Å². The van der Waals surface area contributed by atoms with E-state index >= 15 is 0 Å². The number of piperidine rings is 1. The van der Waals surface area contributed by atoms with Crippen molar-refractivity contribution in [3.63, 3.8) is 0 Å². The fraction of sp³-hybridized carbons (Fsp3) is 0.667. The number of aromatic amines is 1. The van der Waals surface area contributed by atoms with Crippen molar-refractivity contribution in [2.24, 2.45) is 0 Å². The minimum Gasteiger partial charge on any atom is -0.338 e. The summed E-state index contributed by atoms with van der Waals surface area (Å²) in [6, 6.07) is 0. The van der Waals surface area contributed by atoms with Crippen LogP contribution in [0.5, 0.6) is 0 Å². The molecule has 5 heteroatoms. The van der Waals surface area contributed by atoms with E-state index in [4.69, 9.17) is 0 Å². The summed E-state index contributed by atoms with van der Waals surface area (Å²) in [7, 11) is 1.98. The first-order valence-corrected chi connectivity index (χ1v) is 6.04. The monoisotopic (exact) mass is 236 g/mol. The predicted octanol–water partition coefficient (Wildman–Crippen LogP) is 0.932. The third kappa shape index (κ3) is 2.34. The highest BCUT2D eigenvalue weighted by atomic mass is 16.2. The molecule has 2 heterocycles. The fourth-order valence-corrected chi connectivity index (χ4v) is 2.19. The fourth-order valence-electron chi connectivity index (χ4n) is 2.19. The molecule has 0 spiro atoms. The van der Waals surface area contributed by atoms with E-state index in [0.29, 0.717) is 5.56 Å². The SMILES string of the molecule is CNC1(C)CCN(C(=O)c2cn[nH]c2C)CC1. The van der Waals surface area contributed by atoms with E-state index in [2.05, 4.69) is 22.4 Å². The van der Waals surface area contributed by atoms with E-state index in [1.807, 2.05) is 18.9 Å². The van der Waals surface area contributed by atoms with Crippen LogP contribution in [0.3, 0.4) is 0 Å². The Morgan fingerprint density at radius 2 is 2.18 bits per heavy atom. The van der Waals surface area contributed by atoms with Gasteiger partial charge in [0.05, 0.1) is 11.8 Å². The topological polar surface area (TPSA) is 61.0 Å². The van der Waals surface area contributed by atoms with Gasteiger partial charge in [-0.15, -0.1) is 0 Å². The Bertz CT molecular complexity index is 404. The van der Waals surface area contributed by atoms with Crippen LogP contribution in [0.1, 0.15) is 35.8 Å². The second-order valence-corrected chi connectivity index (χ2v) is 5.01. The minimum atomic E-state index is 0.0920. The number of hydrogen-bond donors (Lipinski definition) is 2. The van der Waals surface area contributed by atoms with Crippen LogP contribution in [0.15, 0.2) is 6.20 Å². The maximum atomic E-state index is 12.2. The Hall–Kier alpha value is -1.36. The third-order valence-electron chi connectivity index (χ3n) is 3.82. The molecular weight excluding hydrogens is 216 g/mol. The van der Waals surface area contributed by atoms with Gasteiger partial charge in [0.2, 0.25) is 0 Å². The Kier molecular flexibility index (Phi) is 3.19. The van der Waals surface area contributed by atoms with E-state index in [1.54, 1.807) is 6.20 Å². The number of nitrogens with one attached hydrogen (secondary N) is 2. The van der Waals surface area contributed by atoms with Crippen molar-refractivity contribution in [1.29, 1.82) is 0 Å². The summed E-state index contributed by atoms with van der Waals surface area (Å²) in [5.74, 6) is 0.0920. The van der Waals surface area contributed by atoms with Crippen LogP contribution in [0.4, 0.5) is 0 Å². The van der Waals surface area contributed by atoms with Crippen molar-refractivity contribution in [3.8, 4) is 0 Å². The number of rotatable bonds is 2. The molecular formula is C12H20N4O. The molecule has 1 fully saturated rings. The summed E-state index contributed by atoms with van der Waals surface area (Å²) in [5, 5.41) is 10.0. The van der Waals surface area contributed by atoms with Gasteiger partial charge in [0.1, 0.15) is 0 Å². The minimum absolute atomic E-state index is 0.0920. The van der Waals surface area contributed by atoms with Crippen LogP contribution < -0.4 is 5.32 Å². The predicted molar refractivity (Wildman–Crippen MR) is 65.9 cm³/mol. The van der Waals surface area contributed by atoms with Crippen molar-refractivity contribution in [1.82, 2.24) is 20.4 Å². The first kappa shape index (κ1) is 12.1. The van der Waals surface area contributed by atoms with Crippen LogP contribution >= 0.6 is 0 Å². The van der Waals surface area contributed by atoms with E-state index in [-0.39, 0.29) is 11.4 Å². The van der Waals surface area contributed by atoms with Crippen LogP contribution in [0, 0.1) is 6.92 Å². The zero-order valence-corrected chi connectivity index (χ0v) is 10.7. The zero-order chi connectivity index (χ0) is 12.5. The second kappa shape index (κ2) is 4.49. The van der Waals surface area contributed by atoms with Crippen LogP contribution in [-0.4, -0.2) is 46.7 Å². The number of nitrogens with zero attached hydrogens (tertiary/aromatic N) is 2. The Labute approximate surface area is 102 Å². The average molecular weight is 236 g/mol. The van der Waals surface area contributed by atoms with Gasteiger partial charge >= 0.3 is 0 Å². The van der Waals surface area contributed by atoms with E-state index < -0.39 is 0 Å². The van der Waals surface area contributed by atoms with Gasteiger partial charge < -0.3 is 10.2 Å². The first-order valence-electron chi connectivity index (χ1n) is 6.04. The van der Waals surface area contributed by atoms with Crippen LogP contribution in [-0.2, 0) is 0 Å². The molecule has 0 aromatic carbocycles. The molecule has 1 amide bonds. The molecule has 1 aromatic rings. The number of aromatic nitrogens is 2. The lowest BCUT2D eigenvalue weighted by Crippen LogP contribution is -2.51. The van der Waals surface area contributed by atoms with Crippen molar-refractivity contribution in [2.45, 2.75) is 32.2 Å². The number of aryl methyl sites for hydroxylation is 1. The molecule has 0 saturated carbocycles. The second-order valence-electron chi connectivity index (χ2n) is 5.01. The van der Waals surface area contributed by atoms with Gasteiger partial charge in [-0.3, -0.25) is 9.89 Å². The van der Waals surface area contributed by atoms with Crippen molar-refractivity contribution < 1.29 is 4.79 Å². The van der Waals surface area contributed by atoms with Crippen molar-refractivity contribution in [3.05, 3.63) is 17.5 Å². The Morgan fingerprint density at radius 1 is 1.53 bits per heavy atom. The van der Waals surface area contributed by atoms with Gasteiger partial charge in [0.25, 0.3) is 5.91 Å². The Balaban J connectivity index is 2.02. The summed E-state index contributed by atoms with van der Waals surface area (Å²) >= 11 is 0. The van der Waals surface area contributed by atoms with Crippen molar-refractivity contribution >= 4 is 5.91 Å². The lowest BCUT2D eigenvalue weighted by Gasteiger charge is -2.39. The largest absolute Gasteiger partial charge is 0.338 e. The number of amides is 1. The molecule has 0 radical (unpaired) electrons. The summed E-state index contributed by atoms with van der Waals surface area (Å²) in [6.07, 6.45) is 3.60. The number of likely N-dealkylation sites (tertiary alicyclic amines) is 1. The number of hydrogen-bond acceptors (Lipinski definition) is 3. The summed E-state index contributed by atoms with van der Waals surface area (Å²) in [6.45, 7) is 5.70. The first-order chi connectivity index (χ1) is 8.06. The van der Waals surface area contributed by atoms with Crippen molar-refractivity contribution in [2.75, 3.05) is 20.1 Å². The maximum Gasteiger partial charge on any atom is 0.257 e. The molecule has 0 bridgehead atoms. The van der Waals surface area contributed by atoms with Gasteiger partial charge in [-0.25, -0.2) is 0 Å². The van der Waals surface area contributed by atoms with Gasteiger partial charge in [-0.2, -0.15) is 5.10 Å². The van der Waals surface area contributed by atoms with Gasteiger partial charge in [-0.05, 0) is 33.7 Å². The molecule has 0 aliphatic carbocycles. The lowest BCUT2D eigenvalue weighted by atomic mass is 9.89. The summed E-state index contributed by atoms with van der Waals surface area (Å²) < 4.78 is 0. The molecule has 1 saturated heterocycles. The molecule has 2 N–H and O–H groups in total. The van der Waals surface area contributed by atoms with Gasteiger partial charge in [0, 0.05) is 24.3 Å². The Morgan fingerprint density at radius 3 is 2.65 bits per heavy atom. The molecule has 1 aliphatic heterocycles. The smallest absolute Gasteiger partial charge is 0.257 e. The molecule has 0 atom stereocenters. The molecule has 17 heavy (non-hydrogen) atoms. The van der Waals surface area contributed by atoms with Crippen LogP contribution in [0.25, 0.3) is 0 Å². The van der Waals surface area contributed by atoms with Gasteiger partial charge in [-0.1, -0.05) is 0 Å². The normalized spacial score (nSPS) is 19.4. The molecule has 1 aromatic heterocycles. The quantitative estimate of drug-likeness (QED) is 0.803. The molecule has 5 nitrogen and oxygen atoms in total. The highest BCUT2D eigenvalue weighted by molar-refractivity contribution is 5.95. The van der Waals surface area contributed by atoms with E-state index in [9.17, 15) is 4.79 Å². The lowest BCUT2D eigenvalue weighted by molar-refractivity contribution is 0.0661.